The zero-order valence-corrected chi connectivity index (χ0v) is 12.8. The first kappa shape index (κ1) is 12.3. The summed E-state index contributed by atoms with van der Waals surface area (Å²) in [5.74, 6) is 1.36. The molecule has 0 aliphatic carbocycles. The summed E-state index contributed by atoms with van der Waals surface area (Å²) in [7, 11) is 0. The molecule has 0 amide bonds. The van der Waals surface area contributed by atoms with Crippen molar-refractivity contribution in [1.82, 2.24) is 0 Å². The van der Waals surface area contributed by atoms with Crippen LogP contribution in [-0.4, -0.2) is 18.9 Å². The van der Waals surface area contributed by atoms with Crippen molar-refractivity contribution >= 4 is 6.34 Å². The molecule has 0 N–H and O–H groups in total. The van der Waals surface area contributed by atoms with E-state index < -0.39 is 0 Å². The van der Waals surface area contributed by atoms with Gasteiger partial charge in [0.05, 0.1) is 0 Å². The molecule has 2 nitrogen and oxygen atoms in total. The van der Waals surface area contributed by atoms with Gasteiger partial charge in [-0.05, 0) is 24.4 Å². The molecule has 58 valence electrons. The zero-order chi connectivity index (χ0) is 7.56. The Morgan fingerprint density at radius 1 is 1.55 bits per heavy atom. The summed E-state index contributed by atoms with van der Waals surface area (Å²) in [6, 6.07) is 0.470. The van der Waals surface area contributed by atoms with Gasteiger partial charge in [0.25, 0.3) is 0 Å². The molecule has 2 atom stereocenters. The van der Waals surface area contributed by atoms with Gasteiger partial charge in [0.2, 0.25) is 0 Å². The molecule has 0 spiro atoms. The van der Waals surface area contributed by atoms with Gasteiger partial charge in [-0.3, -0.25) is 0 Å². The Kier molecular flexibility index (Phi) is 6.52. The fourth-order valence-electron chi connectivity index (χ4n) is 1.35. The predicted octanol–water partition coefficient (Wildman–Crippen LogP) is -0.933. The standard InChI is InChI=1S/C8H15N2.Rb/c1-6(2)8-4-9-5-10-7(8)3;/h5-8H,4H2,1-3H3;/q-1;+1. The number of hydrogen-bond acceptors (Lipinski definition) is 1. The van der Waals surface area contributed by atoms with Crippen molar-refractivity contribution in [2.45, 2.75) is 26.8 Å². The molecule has 0 saturated carbocycles. The fraction of sp³-hybridized carbons (Fsp3) is 0.875. The van der Waals surface area contributed by atoms with E-state index in [0.29, 0.717) is 17.9 Å². The molecule has 0 aromatic heterocycles. The molecule has 0 aromatic carbocycles. The fourth-order valence-corrected chi connectivity index (χ4v) is 1.35. The van der Waals surface area contributed by atoms with E-state index in [0.717, 1.165) is 6.54 Å². The Labute approximate surface area is 118 Å². The quantitative estimate of drug-likeness (QED) is 0.550. The van der Waals surface area contributed by atoms with E-state index >= 15 is 0 Å². The molecule has 0 aromatic rings. The summed E-state index contributed by atoms with van der Waals surface area (Å²) in [6.45, 7) is 7.59. The van der Waals surface area contributed by atoms with Crippen LogP contribution in [0.2, 0.25) is 0 Å². The Bertz CT molecular complexity index is 134. The van der Waals surface area contributed by atoms with E-state index in [4.69, 9.17) is 0 Å². The summed E-state index contributed by atoms with van der Waals surface area (Å²) in [4.78, 5) is 4.24. The summed E-state index contributed by atoms with van der Waals surface area (Å²) < 4.78 is 0. The van der Waals surface area contributed by atoms with Crippen LogP contribution in [0, 0.1) is 11.8 Å². The van der Waals surface area contributed by atoms with Crippen molar-refractivity contribution < 1.29 is 58.2 Å². The van der Waals surface area contributed by atoms with Crippen molar-refractivity contribution in [2.24, 2.45) is 16.8 Å². The average molecular weight is 225 g/mol. The second-order valence-electron chi connectivity index (χ2n) is 3.28. The minimum absolute atomic E-state index is 0. The number of nitrogens with zero attached hydrogens (tertiary/aromatic N) is 2. The third-order valence-corrected chi connectivity index (χ3v) is 2.18. The Morgan fingerprint density at radius 2 is 2.18 bits per heavy atom. The largest absolute Gasteiger partial charge is 1.00 e. The maximum atomic E-state index is 4.24. The zero-order valence-electron chi connectivity index (χ0n) is 7.91. The third-order valence-electron chi connectivity index (χ3n) is 2.18. The first-order chi connectivity index (χ1) is 4.72. The first-order valence-corrected chi connectivity index (χ1v) is 3.90. The molecule has 1 rings (SSSR count). The maximum Gasteiger partial charge on any atom is 1.00 e. The molecule has 1 heterocycles. The summed E-state index contributed by atoms with van der Waals surface area (Å²) >= 11 is 0. The Hall–Kier alpha value is 1.28. The molecule has 0 fully saturated rings. The van der Waals surface area contributed by atoms with Gasteiger partial charge in [-0.25, -0.2) is 0 Å². The van der Waals surface area contributed by atoms with Crippen LogP contribution < -0.4 is 58.2 Å². The van der Waals surface area contributed by atoms with Crippen molar-refractivity contribution in [1.29, 1.82) is 0 Å². The van der Waals surface area contributed by atoms with Gasteiger partial charge in [-0.2, -0.15) is 0 Å². The van der Waals surface area contributed by atoms with Gasteiger partial charge in [0.1, 0.15) is 0 Å². The second-order valence-corrected chi connectivity index (χ2v) is 3.28. The van der Waals surface area contributed by atoms with E-state index in [1.165, 1.54) is 0 Å². The number of hydrogen-bond donors (Lipinski definition) is 0. The van der Waals surface area contributed by atoms with Crippen molar-refractivity contribution in [3.63, 3.8) is 0 Å². The van der Waals surface area contributed by atoms with Crippen molar-refractivity contribution in [3.05, 3.63) is 5.32 Å². The molecular weight excluding hydrogens is 210 g/mol. The summed E-state index contributed by atoms with van der Waals surface area (Å²) in [5.41, 5.74) is 0. The monoisotopic (exact) mass is 224 g/mol. The molecule has 1 aliphatic rings. The van der Waals surface area contributed by atoms with E-state index in [1.807, 2.05) is 0 Å². The maximum absolute atomic E-state index is 4.24. The van der Waals surface area contributed by atoms with Gasteiger partial charge < -0.3 is 10.3 Å². The average Bonchev–Trinajstić information content (AvgIpc) is 1.88. The van der Waals surface area contributed by atoms with Crippen LogP contribution >= 0.6 is 0 Å². The van der Waals surface area contributed by atoms with Crippen LogP contribution in [0.25, 0.3) is 5.32 Å². The number of aliphatic imine (C=N–C) groups is 1. The van der Waals surface area contributed by atoms with Crippen molar-refractivity contribution in [3.8, 4) is 0 Å². The second kappa shape index (κ2) is 5.84. The Morgan fingerprint density at radius 3 is 2.55 bits per heavy atom. The minimum atomic E-state index is 0. The minimum Gasteiger partial charge on any atom is -0.472 e. The van der Waals surface area contributed by atoms with Crippen LogP contribution in [0.5, 0.6) is 0 Å². The first-order valence-electron chi connectivity index (χ1n) is 3.90. The van der Waals surface area contributed by atoms with Crippen LogP contribution in [-0.2, 0) is 0 Å². The van der Waals surface area contributed by atoms with Gasteiger partial charge >= 0.3 is 58.2 Å². The molecule has 11 heavy (non-hydrogen) atoms. The predicted molar refractivity (Wildman–Crippen MR) is 44.5 cm³/mol. The molecule has 0 bridgehead atoms. The van der Waals surface area contributed by atoms with Crippen LogP contribution in [0.3, 0.4) is 0 Å². The molecule has 1 aliphatic heterocycles. The van der Waals surface area contributed by atoms with Gasteiger partial charge in [0.15, 0.2) is 0 Å². The van der Waals surface area contributed by atoms with E-state index in [-0.39, 0.29) is 58.2 Å². The van der Waals surface area contributed by atoms with Gasteiger partial charge in [-0.15, -0.1) is 6.34 Å². The van der Waals surface area contributed by atoms with E-state index in [2.05, 4.69) is 31.1 Å². The van der Waals surface area contributed by atoms with Crippen LogP contribution in [0.4, 0.5) is 0 Å². The topological polar surface area (TPSA) is 26.5 Å². The smallest absolute Gasteiger partial charge is 0.472 e. The van der Waals surface area contributed by atoms with E-state index in [1.54, 1.807) is 6.34 Å². The molecular formula is C8H15N2Rb. The summed E-state index contributed by atoms with van der Waals surface area (Å²) in [5, 5.41) is 4.14. The van der Waals surface area contributed by atoms with Crippen molar-refractivity contribution in [2.75, 3.05) is 6.54 Å². The molecule has 2 unspecified atom stereocenters. The molecule has 0 saturated heterocycles. The SMILES string of the molecule is CC(C)C1C[N-]C=NC1C.[Rb+]. The van der Waals surface area contributed by atoms with Crippen LogP contribution in [0.1, 0.15) is 20.8 Å². The van der Waals surface area contributed by atoms with E-state index in [9.17, 15) is 0 Å². The van der Waals surface area contributed by atoms with Gasteiger partial charge in [-0.1, -0.05) is 20.8 Å². The Balaban J connectivity index is 0.000001000. The van der Waals surface area contributed by atoms with Crippen LogP contribution in [0.15, 0.2) is 4.99 Å². The normalized spacial score (nSPS) is 29.5. The van der Waals surface area contributed by atoms with Gasteiger partial charge in [0, 0.05) is 0 Å². The summed E-state index contributed by atoms with van der Waals surface area (Å²) in [6.07, 6.45) is 1.70. The molecule has 0 radical (unpaired) electrons. The molecule has 3 heteroatoms. The number of rotatable bonds is 1. The third kappa shape index (κ3) is 3.66.